The molecule has 9 nitrogen and oxygen atoms in total. The van der Waals surface area contributed by atoms with Gasteiger partial charge >= 0.3 is 5.97 Å². The Morgan fingerprint density at radius 3 is 1.24 bits per heavy atom. The quantitative estimate of drug-likeness (QED) is 0.0212. The number of hydrogen-bond donors (Lipinski definition) is 1. The van der Waals surface area contributed by atoms with Crippen molar-refractivity contribution in [3.63, 3.8) is 0 Å². The van der Waals surface area contributed by atoms with E-state index in [-0.39, 0.29) is 31.3 Å². The maximum Gasteiger partial charge on any atom is 0.306 e. The summed E-state index contributed by atoms with van der Waals surface area (Å²) in [4.78, 5) is 40.0. The highest BCUT2D eigenvalue weighted by atomic mass is 31.2. The normalized spacial score (nSPS) is 14.2. The molecule has 0 aliphatic rings. The number of phosphoric ester groups is 1. The minimum absolute atomic E-state index is 0.0324. The zero-order valence-corrected chi connectivity index (χ0v) is 53.7. The number of carbonyl (C=O) groups excluding carboxylic acids is 2. The van der Waals surface area contributed by atoms with E-state index < -0.39 is 26.6 Å². The highest BCUT2D eigenvalue weighted by Crippen LogP contribution is 2.38. The number of nitrogens with zero attached hydrogens (tertiary/aromatic N) is 1. The van der Waals surface area contributed by atoms with Crippen LogP contribution in [-0.2, 0) is 27.9 Å². The molecule has 0 bridgehead atoms. The smallest absolute Gasteiger partial charge is 0.306 e. The summed E-state index contributed by atoms with van der Waals surface area (Å²) in [5, 5.41) is 3.01. The van der Waals surface area contributed by atoms with Gasteiger partial charge in [-0.25, -0.2) is 0 Å². The summed E-state index contributed by atoms with van der Waals surface area (Å²) in [6.45, 7) is 6.67. The zero-order valence-electron chi connectivity index (χ0n) is 52.8. The Morgan fingerprint density at radius 1 is 0.450 bits per heavy atom. The Kier molecular flexibility index (Phi) is 56.8. The fraction of sp³-hybridized carbons (Fsp3) is 0.743. The van der Waals surface area contributed by atoms with E-state index in [1.165, 1.54) is 148 Å². The van der Waals surface area contributed by atoms with Crippen LogP contribution in [0.2, 0.25) is 0 Å². The molecule has 0 spiro atoms. The number of unbranched alkanes of at least 4 members (excludes halogenated alkanes) is 29. The van der Waals surface area contributed by atoms with E-state index >= 15 is 0 Å². The van der Waals surface area contributed by atoms with E-state index in [1.54, 1.807) is 0 Å². The molecule has 0 aromatic carbocycles. The fourth-order valence-corrected chi connectivity index (χ4v) is 9.89. The second-order valence-electron chi connectivity index (χ2n) is 23.2. The van der Waals surface area contributed by atoms with Gasteiger partial charge in [-0.15, -0.1) is 0 Å². The van der Waals surface area contributed by atoms with Crippen molar-refractivity contribution in [1.29, 1.82) is 0 Å². The van der Waals surface area contributed by atoms with E-state index in [2.05, 4.69) is 111 Å². The summed E-state index contributed by atoms with van der Waals surface area (Å²) in [6, 6.07) is -0.910. The summed E-state index contributed by atoms with van der Waals surface area (Å²) in [5.41, 5.74) is 0. The number of rotatable bonds is 59. The van der Waals surface area contributed by atoms with Gasteiger partial charge in [-0.05, 0) is 109 Å². The molecule has 0 rings (SSSR count). The number of nitrogens with one attached hydrogen (secondary N) is 1. The Balaban J connectivity index is 5.07. The molecule has 0 fully saturated rings. The van der Waals surface area contributed by atoms with E-state index in [4.69, 9.17) is 13.8 Å². The van der Waals surface area contributed by atoms with Crippen LogP contribution in [0.15, 0.2) is 97.2 Å². The van der Waals surface area contributed by atoms with Gasteiger partial charge in [-0.2, -0.15) is 0 Å². The molecule has 0 aliphatic heterocycles. The zero-order chi connectivity index (χ0) is 58.6. The third-order valence-electron chi connectivity index (χ3n) is 14.2. The molecule has 0 saturated heterocycles. The summed E-state index contributed by atoms with van der Waals surface area (Å²) < 4.78 is 30.3. The van der Waals surface area contributed by atoms with Crippen LogP contribution < -0.4 is 10.2 Å². The lowest BCUT2D eigenvalue weighted by atomic mass is 10.0. The summed E-state index contributed by atoms with van der Waals surface area (Å²) in [5.74, 6) is -0.578. The topological polar surface area (TPSA) is 114 Å². The number of ether oxygens (including phenoxy) is 1. The molecular formula is C70H125N2O7P. The van der Waals surface area contributed by atoms with Crippen LogP contribution in [0.4, 0.5) is 0 Å². The first-order valence-electron chi connectivity index (χ1n) is 33.0. The number of quaternary nitrogens is 1. The molecule has 0 saturated carbocycles. The van der Waals surface area contributed by atoms with Crippen LogP contribution >= 0.6 is 7.82 Å². The Hall–Kier alpha value is -3.07. The summed E-state index contributed by atoms with van der Waals surface area (Å²) >= 11 is 0. The number of carbonyl (C=O) groups is 2. The van der Waals surface area contributed by atoms with E-state index in [9.17, 15) is 19.0 Å². The molecule has 0 heterocycles. The van der Waals surface area contributed by atoms with Crippen molar-refractivity contribution in [1.82, 2.24) is 5.32 Å². The molecule has 462 valence electrons. The number of phosphoric acid groups is 1. The van der Waals surface area contributed by atoms with Crippen molar-refractivity contribution in [3.8, 4) is 0 Å². The molecular weight excluding hydrogens is 1010 g/mol. The first-order chi connectivity index (χ1) is 38.9. The van der Waals surface area contributed by atoms with Crippen LogP contribution in [-0.4, -0.2) is 69.4 Å². The minimum atomic E-state index is -4.71. The highest BCUT2D eigenvalue weighted by molar-refractivity contribution is 7.45. The lowest BCUT2D eigenvalue weighted by molar-refractivity contribution is -0.870. The molecule has 10 heteroatoms. The number of esters is 1. The number of likely N-dealkylation sites (N-methyl/N-ethyl adjacent to an activating group) is 1. The van der Waals surface area contributed by atoms with Crippen LogP contribution in [0.25, 0.3) is 0 Å². The number of allylic oxidation sites excluding steroid dienone is 15. The van der Waals surface area contributed by atoms with Gasteiger partial charge in [0.25, 0.3) is 7.82 Å². The maximum absolute atomic E-state index is 13.5. The monoisotopic (exact) mass is 1140 g/mol. The maximum atomic E-state index is 13.5. The molecule has 1 amide bonds. The van der Waals surface area contributed by atoms with Gasteiger partial charge in [-0.1, -0.05) is 260 Å². The lowest BCUT2D eigenvalue weighted by Crippen LogP contribution is -2.47. The molecule has 0 aliphatic carbocycles. The fourth-order valence-electron chi connectivity index (χ4n) is 9.17. The van der Waals surface area contributed by atoms with Crippen molar-refractivity contribution in [2.45, 2.75) is 296 Å². The van der Waals surface area contributed by atoms with Crippen molar-refractivity contribution in [2.75, 3.05) is 40.9 Å². The van der Waals surface area contributed by atoms with Gasteiger partial charge in [0.1, 0.15) is 19.3 Å². The van der Waals surface area contributed by atoms with E-state index in [0.717, 1.165) is 96.3 Å². The predicted octanol–water partition coefficient (Wildman–Crippen LogP) is 20.1. The van der Waals surface area contributed by atoms with Gasteiger partial charge in [0.2, 0.25) is 5.91 Å². The predicted molar refractivity (Wildman–Crippen MR) is 344 cm³/mol. The molecule has 0 aromatic heterocycles. The molecule has 0 aromatic rings. The first-order valence-corrected chi connectivity index (χ1v) is 34.5. The standard InChI is InChI=1S/C70H125N2O7P/c1-7-10-13-16-19-22-25-27-29-31-32-33-34-35-36-37-38-39-40-41-43-45-48-51-54-57-60-63-70(74)79-68(61-58-55-52-49-46-24-21-18-15-12-9-3)67(66-78-80(75,76)77-65-64-72(4,5)6)71-69(73)62-59-56-53-50-47-44-42-30-28-26-23-20-17-14-11-8-2/h11,14,19-20,22-23,27-30,32-33,44,47,58,61,67-68H,7-10,12-13,15-18,21,24-26,31,34-43,45-46,48-57,59-60,62-66H2,1-6H3,(H-,71,73,75,76)/b14-11+,22-19-,23-20+,29-27-,30-28+,33-32-,47-44+,61-58-. The minimum Gasteiger partial charge on any atom is -0.756 e. The molecule has 80 heavy (non-hydrogen) atoms. The molecule has 1 N–H and O–H groups in total. The third kappa shape index (κ3) is 59.5. The van der Waals surface area contributed by atoms with Crippen LogP contribution in [0, 0.1) is 0 Å². The second kappa shape index (κ2) is 59.1. The third-order valence-corrected chi connectivity index (χ3v) is 15.2. The Morgan fingerprint density at radius 2 is 0.800 bits per heavy atom. The first kappa shape index (κ1) is 76.9. The van der Waals surface area contributed by atoms with Gasteiger partial charge < -0.3 is 28.5 Å². The van der Waals surface area contributed by atoms with Gasteiger partial charge in [0.15, 0.2) is 0 Å². The van der Waals surface area contributed by atoms with Crippen LogP contribution in [0.1, 0.15) is 284 Å². The van der Waals surface area contributed by atoms with Crippen molar-refractivity contribution in [2.24, 2.45) is 0 Å². The lowest BCUT2D eigenvalue weighted by Gasteiger charge is -2.30. The Labute approximate surface area is 494 Å². The van der Waals surface area contributed by atoms with Crippen molar-refractivity contribution < 1.29 is 37.3 Å². The molecule has 3 unspecified atom stereocenters. The molecule has 0 radical (unpaired) electrons. The van der Waals surface area contributed by atoms with E-state index in [0.29, 0.717) is 17.4 Å². The Bertz CT molecular complexity index is 1690. The molecule has 3 atom stereocenters. The SMILES string of the molecule is CC/C=C/C/C=C/C/C=C/C/C=C/CCCCCC(=O)NC(COP(=O)([O-])OCC[N+](C)(C)C)C(/C=C\CCCCCCCCCCC)OC(=O)CCCCCCCCCCCCCCCC/C=C\C/C=C\C/C=C\CCCCC. The highest BCUT2D eigenvalue weighted by Gasteiger charge is 2.27. The number of amides is 1. The average Bonchev–Trinajstić information content (AvgIpc) is 3.43. The van der Waals surface area contributed by atoms with Gasteiger partial charge in [-0.3, -0.25) is 14.2 Å². The van der Waals surface area contributed by atoms with E-state index in [1.807, 2.05) is 33.3 Å². The van der Waals surface area contributed by atoms with Gasteiger partial charge in [0.05, 0.1) is 33.8 Å². The summed E-state index contributed by atoms with van der Waals surface area (Å²) in [7, 11) is 1.16. The van der Waals surface area contributed by atoms with Crippen LogP contribution in [0.5, 0.6) is 0 Å². The van der Waals surface area contributed by atoms with Crippen LogP contribution in [0.3, 0.4) is 0 Å². The largest absolute Gasteiger partial charge is 0.756 e. The summed E-state index contributed by atoms with van der Waals surface area (Å²) in [6.07, 6.45) is 79.6. The average molecular weight is 1140 g/mol. The second-order valence-corrected chi connectivity index (χ2v) is 24.6. The van der Waals surface area contributed by atoms with Gasteiger partial charge in [0, 0.05) is 12.8 Å². The van der Waals surface area contributed by atoms with Crippen molar-refractivity contribution >= 4 is 19.7 Å². The van der Waals surface area contributed by atoms with Crippen molar-refractivity contribution in [3.05, 3.63) is 97.2 Å². The number of hydrogen-bond acceptors (Lipinski definition) is 7.